The summed E-state index contributed by atoms with van der Waals surface area (Å²) in [6, 6.07) is 8.60. The second-order valence-electron chi connectivity index (χ2n) is 6.05. The highest BCUT2D eigenvalue weighted by Gasteiger charge is 2.14. The first-order chi connectivity index (χ1) is 12.5. The SMILES string of the molecule is CCCCCNC(=O)c1ccnc(C(=O)Nc2cc(C)ccc2OC)c1. The zero-order chi connectivity index (χ0) is 18.9. The number of carbonyl (C=O) groups excluding carboxylic acids is 2. The Labute approximate surface area is 154 Å². The number of unbranched alkanes of at least 4 members (excludes halogenated alkanes) is 2. The molecule has 0 fully saturated rings. The highest BCUT2D eigenvalue weighted by Crippen LogP contribution is 2.25. The number of hydrogen-bond acceptors (Lipinski definition) is 4. The molecular weight excluding hydrogens is 330 g/mol. The average molecular weight is 355 g/mol. The summed E-state index contributed by atoms with van der Waals surface area (Å²) < 4.78 is 5.26. The highest BCUT2D eigenvalue weighted by molar-refractivity contribution is 6.05. The summed E-state index contributed by atoms with van der Waals surface area (Å²) >= 11 is 0. The number of hydrogen-bond donors (Lipinski definition) is 2. The van der Waals surface area contributed by atoms with Crippen molar-refractivity contribution < 1.29 is 14.3 Å². The van der Waals surface area contributed by atoms with Gasteiger partial charge in [0.05, 0.1) is 12.8 Å². The number of nitrogens with one attached hydrogen (secondary N) is 2. The second kappa shape index (κ2) is 9.56. The van der Waals surface area contributed by atoms with Crippen molar-refractivity contribution in [1.29, 1.82) is 0 Å². The topological polar surface area (TPSA) is 80.3 Å². The molecule has 0 aliphatic heterocycles. The standard InChI is InChI=1S/C20H25N3O3/c1-4-5-6-10-22-19(24)15-9-11-21-17(13-15)20(25)23-16-12-14(2)7-8-18(16)26-3/h7-9,11-13H,4-6,10H2,1-3H3,(H,22,24)(H,23,25). The van der Waals surface area contributed by atoms with Gasteiger partial charge in [0.2, 0.25) is 0 Å². The number of anilines is 1. The minimum absolute atomic E-state index is 0.176. The number of amides is 2. The van der Waals surface area contributed by atoms with E-state index in [2.05, 4.69) is 22.5 Å². The first-order valence-corrected chi connectivity index (χ1v) is 8.75. The number of carbonyl (C=O) groups is 2. The smallest absolute Gasteiger partial charge is 0.274 e. The molecule has 0 aliphatic rings. The van der Waals surface area contributed by atoms with E-state index in [0.29, 0.717) is 23.5 Å². The summed E-state index contributed by atoms with van der Waals surface area (Å²) in [5.74, 6) is -0.0333. The second-order valence-corrected chi connectivity index (χ2v) is 6.05. The maximum atomic E-state index is 12.5. The predicted molar refractivity (Wildman–Crippen MR) is 102 cm³/mol. The molecule has 0 saturated heterocycles. The molecule has 0 bridgehead atoms. The van der Waals surface area contributed by atoms with Crippen molar-refractivity contribution in [2.24, 2.45) is 0 Å². The summed E-state index contributed by atoms with van der Waals surface area (Å²) in [5.41, 5.74) is 2.15. The van der Waals surface area contributed by atoms with Crippen LogP contribution in [0.15, 0.2) is 36.5 Å². The monoisotopic (exact) mass is 355 g/mol. The minimum Gasteiger partial charge on any atom is -0.495 e. The van der Waals surface area contributed by atoms with Crippen LogP contribution in [-0.4, -0.2) is 30.5 Å². The minimum atomic E-state index is -0.394. The summed E-state index contributed by atoms with van der Waals surface area (Å²) in [5, 5.41) is 5.64. The van der Waals surface area contributed by atoms with Gasteiger partial charge in [0.15, 0.2) is 0 Å². The van der Waals surface area contributed by atoms with Crippen LogP contribution in [0, 0.1) is 6.92 Å². The lowest BCUT2D eigenvalue weighted by Crippen LogP contribution is -2.25. The lowest BCUT2D eigenvalue weighted by molar-refractivity contribution is 0.0953. The van der Waals surface area contributed by atoms with Gasteiger partial charge in [0.1, 0.15) is 11.4 Å². The Morgan fingerprint density at radius 2 is 1.92 bits per heavy atom. The number of rotatable bonds is 8. The molecule has 2 rings (SSSR count). The number of aryl methyl sites for hydroxylation is 1. The summed E-state index contributed by atoms with van der Waals surface area (Å²) in [4.78, 5) is 28.8. The molecule has 26 heavy (non-hydrogen) atoms. The average Bonchev–Trinajstić information content (AvgIpc) is 2.65. The van der Waals surface area contributed by atoms with Crippen LogP contribution < -0.4 is 15.4 Å². The largest absolute Gasteiger partial charge is 0.495 e. The Bertz CT molecular complexity index is 775. The lowest BCUT2D eigenvalue weighted by atomic mass is 10.1. The van der Waals surface area contributed by atoms with Gasteiger partial charge in [-0.25, -0.2) is 0 Å². The van der Waals surface area contributed by atoms with Gasteiger partial charge in [-0.2, -0.15) is 0 Å². The Morgan fingerprint density at radius 3 is 2.65 bits per heavy atom. The Kier molecular flexibility index (Phi) is 7.14. The quantitative estimate of drug-likeness (QED) is 0.710. The number of benzene rings is 1. The Balaban J connectivity index is 2.08. The molecular formula is C20H25N3O3. The van der Waals surface area contributed by atoms with Crippen LogP contribution in [0.3, 0.4) is 0 Å². The van der Waals surface area contributed by atoms with Gasteiger partial charge in [-0.1, -0.05) is 25.8 Å². The number of nitrogens with zero attached hydrogens (tertiary/aromatic N) is 1. The molecule has 0 spiro atoms. The molecule has 2 amide bonds. The number of methoxy groups -OCH3 is 1. The molecule has 2 aromatic rings. The van der Waals surface area contributed by atoms with Gasteiger partial charge in [-0.15, -0.1) is 0 Å². The number of ether oxygens (including phenoxy) is 1. The first-order valence-electron chi connectivity index (χ1n) is 8.75. The summed E-state index contributed by atoms with van der Waals surface area (Å²) in [7, 11) is 1.54. The van der Waals surface area contributed by atoms with E-state index in [1.165, 1.54) is 12.3 Å². The summed E-state index contributed by atoms with van der Waals surface area (Å²) in [6.07, 6.45) is 4.57. The molecule has 138 valence electrons. The predicted octanol–water partition coefficient (Wildman–Crippen LogP) is 3.57. The Morgan fingerprint density at radius 1 is 1.12 bits per heavy atom. The van der Waals surface area contributed by atoms with Gasteiger partial charge in [-0.05, 0) is 43.2 Å². The Hall–Kier alpha value is -2.89. The first kappa shape index (κ1) is 19.4. The maximum Gasteiger partial charge on any atom is 0.274 e. The third kappa shape index (κ3) is 5.31. The fourth-order valence-corrected chi connectivity index (χ4v) is 2.48. The van der Waals surface area contributed by atoms with Gasteiger partial charge >= 0.3 is 0 Å². The molecule has 2 N–H and O–H groups in total. The van der Waals surface area contributed by atoms with E-state index in [1.807, 2.05) is 19.1 Å². The molecule has 6 nitrogen and oxygen atoms in total. The van der Waals surface area contributed by atoms with Crippen LogP contribution in [-0.2, 0) is 0 Å². The van der Waals surface area contributed by atoms with Crippen molar-refractivity contribution >= 4 is 17.5 Å². The summed E-state index contributed by atoms with van der Waals surface area (Å²) in [6.45, 7) is 4.66. The zero-order valence-electron chi connectivity index (χ0n) is 15.5. The van der Waals surface area contributed by atoms with Gasteiger partial charge in [0.25, 0.3) is 11.8 Å². The van der Waals surface area contributed by atoms with E-state index in [9.17, 15) is 9.59 Å². The third-order valence-electron chi connectivity index (χ3n) is 3.92. The van der Waals surface area contributed by atoms with E-state index >= 15 is 0 Å². The normalized spacial score (nSPS) is 10.3. The zero-order valence-corrected chi connectivity index (χ0v) is 15.5. The van der Waals surface area contributed by atoms with Crippen molar-refractivity contribution in [2.75, 3.05) is 19.0 Å². The highest BCUT2D eigenvalue weighted by atomic mass is 16.5. The van der Waals surface area contributed by atoms with Crippen LogP contribution in [0.4, 0.5) is 5.69 Å². The molecule has 0 aliphatic carbocycles. The fourth-order valence-electron chi connectivity index (χ4n) is 2.48. The van der Waals surface area contributed by atoms with Crippen LogP contribution in [0.25, 0.3) is 0 Å². The van der Waals surface area contributed by atoms with Crippen LogP contribution >= 0.6 is 0 Å². The molecule has 1 aromatic carbocycles. The lowest BCUT2D eigenvalue weighted by Gasteiger charge is -2.11. The molecule has 0 saturated carbocycles. The molecule has 1 aromatic heterocycles. The molecule has 1 heterocycles. The number of pyridine rings is 1. The molecule has 6 heteroatoms. The van der Waals surface area contributed by atoms with Crippen molar-refractivity contribution in [1.82, 2.24) is 10.3 Å². The van der Waals surface area contributed by atoms with E-state index in [4.69, 9.17) is 4.74 Å². The van der Waals surface area contributed by atoms with Crippen molar-refractivity contribution in [3.63, 3.8) is 0 Å². The third-order valence-corrected chi connectivity index (χ3v) is 3.92. The van der Waals surface area contributed by atoms with E-state index in [-0.39, 0.29) is 11.6 Å². The van der Waals surface area contributed by atoms with Crippen LogP contribution in [0.2, 0.25) is 0 Å². The molecule has 0 atom stereocenters. The van der Waals surface area contributed by atoms with E-state index < -0.39 is 5.91 Å². The van der Waals surface area contributed by atoms with Gasteiger partial charge < -0.3 is 15.4 Å². The van der Waals surface area contributed by atoms with E-state index in [0.717, 1.165) is 24.8 Å². The van der Waals surface area contributed by atoms with Gasteiger partial charge in [-0.3, -0.25) is 14.6 Å². The van der Waals surface area contributed by atoms with Crippen molar-refractivity contribution in [3.8, 4) is 5.75 Å². The van der Waals surface area contributed by atoms with Gasteiger partial charge in [0, 0.05) is 18.3 Å². The molecule has 0 unspecified atom stereocenters. The number of aromatic nitrogens is 1. The van der Waals surface area contributed by atoms with Crippen LogP contribution in [0.5, 0.6) is 5.75 Å². The molecule has 0 radical (unpaired) electrons. The van der Waals surface area contributed by atoms with Crippen molar-refractivity contribution in [2.45, 2.75) is 33.1 Å². The maximum absolute atomic E-state index is 12.5. The van der Waals surface area contributed by atoms with Crippen molar-refractivity contribution in [3.05, 3.63) is 53.3 Å². The van der Waals surface area contributed by atoms with Crippen LogP contribution in [0.1, 0.15) is 52.6 Å². The fraction of sp³-hybridized carbons (Fsp3) is 0.350. The van der Waals surface area contributed by atoms with E-state index in [1.54, 1.807) is 19.2 Å².